The second-order valence-corrected chi connectivity index (χ2v) is 6.38. The number of anilines is 1. The smallest absolute Gasteiger partial charge is 0.119 e. The highest BCUT2D eigenvalue weighted by atomic mass is 16.5. The van der Waals surface area contributed by atoms with Crippen molar-refractivity contribution in [3.8, 4) is 5.75 Å². The number of nitrogens with two attached hydrogens (primary N) is 1. The van der Waals surface area contributed by atoms with Crippen LogP contribution in [0, 0.1) is 5.92 Å². The van der Waals surface area contributed by atoms with Crippen LogP contribution in [0.15, 0.2) is 24.3 Å². The molecule has 19 heavy (non-hydrogen) atoms. The zero-order valence-corrected chi connectivity index (χ0v) is 11.3. The molecule has 3 heteroatoms. The highest BCUT2D eigenvalue weighted by Crippen LogP contribution is 2.43. The van der Waals surface area contributed by atoms with Crippen molar-refractivity contribution in [3.63, 3.8) is 0 Å². The van der Waals surface area contributed by atoms with Gasteiger partial charge in [0.05, 0.1) is 0 Å². The minimum absolute atomic E-state index is 0.406. The third-order valence-corrected chi connectivity index (χ3v) is 4.98. The first-order valence-corrected chi connectivity index (χ1v) is 7.57. The Morgan fingerprint density at radius 2 is 1.74 bits per heavy atom. The van der Waals surface area contributed by atoms with Crippen molar-refractivity contribution in [1.82, 2.24) is 4.90 Å². The predicted molar refractivity (Wildman–Crippen MR) is 76.1 cm³/mol. The van der Waals surface area contributed by atoms with Crippen LogP contribution in [-0.4, -0.2) is 29.6 Å². The molecule has 3 atom stereocenters. The Morgan fingerprint density at radius 1 is 1.00 bits per heavy atom. The molecule has 1 heterocycles. The minimum Gasteiger partial charge on any atom is -0.490 e. The predicted octanol–water partition coefficient (Wildman–Crippen LogP) is 2.66. The maximum absolute atomic E-state index is 6.21. The number of rotatable bonds is 3. The Morgan fingerprint density at radius 3 is 2.47 bits per heavy atom. The molecule has 3 nitrogen and oxygen atoms in total. The van der Waals surface area contributed by atoms with Crippen LogP contribution < -0.4 is 10.5 Å². The van der Waals surface area contributed by atoms with E-state index in [0.717, 1.165) is 29.4 Å². The van der Waals surface area contributed by atoms with E-state index in [1.807, 2.05) is 24.3 Å². The van der Waals surface area contributed by atoms with Gasteiger partial charge in [-0.2, -0.15) is 0 Å². The van der Waals surface area contributed by atoms with Crippen LogP contribution in [-0.2, 0) is 0 Å². The number of ether oxygens (including phenoxy) is 1. The summed E-state index contributed by atoms with van der Waals surface area (Å²) in [6.45, 7) is 1.26. The van der Waals surface area contributed by atoms with Crippen molar-refractivity contribution in [2.45, 2.75) is 50.3 Å². The van der Waals surface area contributed by atoms with E-state index >= 15 is 0 Å². The third kappa shape index (κ3) is 2.20. The van der Waals surface area contributed by atoms with Crippen LogP contribution >= 0.6 is 0 Å². The number of nitrogens with zero attached hydrogens (tertiary/aromatic N) is 1. The average Bonchev–Trinajstić information content (AvgIpc) is 3.20. The van der Waals surface area contributed by atoms with Crippen molar-refractivity contribution in [1.29, 1.82) is 0 Å². The molecule has 0 amide bonds. The van der Waals surface area contributed by atoms with Crippen LogP contribution in [0.4, 0.5) is 5.69 Å². The summed E-state index contributed by atoms with van der Waals surface area (Å²) in [7, 11) is 0. The summed E-state index contributed by atoms with van der Waals surface area (Å²) in [5, 5.41) is 0. The maximum Gasteiger partial charge on any atom is 0.119 e. The molecule has 4 rings (SSSR count). The molecule has 0 spiro atoms. The number of fused-ring (bicyclic) bond motifs is 2. The molecule has 2 bridgehead atoms. The normalized spacial score (nSPS) is 34.4. The van der Waals surface area contributed by atoms with Crippen LogP contribution in [0.25, 0.3) is 0 Å². The Balaban J connectivity index is 1.44. The van der Waals surface area contributed by atoms with Crippen LogP contribution in [0.2, 0.25) is 0 Å². The largest absolute Gasteiger partial charge is 0.490 e. The van der Waals surface area contributed by atoms with Gasteiger partial charge in [0.25, 0.3) is 0 Å². The van der Waals surface area contributed by atoms with Gasteiger partial charge < -0.3 is 10.5 Å². The van der Waals surface area contributed by atoms with Gasteiger partial charge in [-0.1, -0.05) is 0 Å². The van der Waals surface area contributed by atoms with Crippen molar-refractivity contribution in [3.05, 3.63) is 24.3 Å². The summed E-state index contributed by atoms with van der Waals surface area (Å²) in [6, 6.07) is 9.59. The summed E-state index contributed by atoms with van der Waals surface area (Å²) in [5.41, 5.74) is 6.52. The van der Waals surface area contributed by atoms with E-state index in [2.05, 4.69) is 4.90 Å². The van der Waals surface area contributed by atoms with Gasteiger partial charge in [0.1, 0.15) is 11.9 Å². The van der Waals surface area contributed by atoms with Gasteiger partial charge in [0.2, 0.25) is 0 Å². The second kappa shape index (κ2) is 4.41. The van der Waals surface area contributed by atoms with E-state index in [-0.39, 0.29) is 0 Å². The average molecular weight is 258 g/mol. The fourth-order valence-corrected chi connectivity index (χ4v) is 3.85. The first kappa shape index (κ1) is 11.6. The lowest BCUT2D eigenvalue weighted by atomic mass is 9.87. The first-order chi connectivity index (χ1) is 9.29. The van der Waals surface area contributed by atoms with Crippen molar-refractivity contribution >= 4 is 5.69 Å². The lowest BCUT2D eigenvalue weighted by Crippen LogP contribution is -2.32. The SMILES string of the molecule is Nc1ccc(OC2CCC3CC2CN3C2CC2)cc1. The number of benzene rings is 1. The van der Waals surface area contributed by atoms with Crippen LogP contribution in [0.3, 0.4) is 0 Å². The molecular formula is C16H22N2O. The number of hydrogen-bond donors (Lipinski definition) is 1. The maximum atomic E-state index is 6.21. The highest BCUT2D eigenvalue weighted by molar-refractivity contribution is 5.41. The van der Waals surface area contributed by atoms with E-state index in [9.17, 15) is 0 Å². The Labute approximate surface area is 114 Å². The Hall–Kier alpha value is -1.22. The van der Waals surface area contributed by atoms with E-state index in [0.29, 0.717) is 6.10 Å². The molecule has 2 aliphatic carbocycles. The molecule has 1 aromatic rings. The monoisotopic (exact) mass is 258 g/mol. The summed E-state index contributed by atoms with van der Waals surface area (Å²) in [6.07, 6.45) is 7.12. The second-order valence-electron chi connectivity index (χ2n) is 6.38. The minimum atomic E-state index is 0.406. The van der Waals surface area contributed by atoms with Crippen LogP contribution in [0.1, 0.15) is 32.1 Å². The van der Waals surface area contributed by atoms with Crippen molar-refractivity contribution in [2.75, 3.05) is 12.3 Å². The Bertz CT molecular complexity index is 454. The zero-order chi connectivity index (χ0) is 12.8. The Kier molecular flexibility index (Phi) is 2.69. The molecule has 2 N–H and O–H groups in total. The zero-order valence-electron chi connectivity index (χ0n) is 11.3. The van der Waals surface area contributed by atoms with Gasteiger partial charge in [-0.25, -0.2) is 0 Å². The third-order valence-electron chi connectivity index (χ3n) is 4.98. The fraction of sp³-hybridized carbons (Fsp3) is 0.625. The summed E-state index contributed by atoms with van der Waals surface area (Å²) >= 11 is 0. The van der Waals surface area contributed by atoms with Gasteiger partial charge >= 0.3 is 0 Å². The standard InChI is InChI=1S/C16H22N2O/c17-12-1-6-15(7-2-12)19-16-8-5-14-9-11(16)10-18(14)13-3-4-13/h1-2,6-7,11,13-14,16H,3-5,8-10,17H2. The molecule has 1 aromatic carbocycles. The molecule has 102 valence electrons. The van der Waals surface area contributed by atoms with Gasteiger partial charge in [-0.3, -0.25) is 4.90 Å². The van der Waals surface area contributed by atoms with E-state index < -0.39 is 0 Å². The fourth-order valence-electron chi connectivity index (χ4n) is 3.85. The number of likely N-dealkylation sites (tertiary alicyclic amines) is 1. The van der Waals surface area contributed by atoms with Crippen LogP contribution in [0.5, 0.6) is 5.75 Å². The van der Waals surface area contributed by atoms with E-state index in [4.69, 9.17) is 10.5 Å². The quantitative estimate of drug-likeness (QED) is 0.847. The first-order valence-electron chi connectivity index (χ1n) is 7.57. The molecule has 0 aromatic heterocycles. The highest BCUT2D eigenvalue weighted by Gasteiger charge is 2.46. The molecule has 3 aliphatic rings. The number of hydrogen-bond acceptors (Lipinski definition) is 3. The topological polar surface area (TPSA) is 38.5 Å². The summed E-state index contributed by atoms with van der Waals surface area (Å²) in [4.78, 5) is 2.76. The molecular weight excluding hydrogens is 236 g/mol. The summed E-state index contributed by atoms with van der Waals surface area (Å²) < 4.78 is 6.21. The molecule has 3 fully saturated rings. The number of nitrogen functional groups attached to an aromatic ring is 1. The van der Waals surface area contributed by atoms with E-state index in [1.165, 1.54) is 38.6 Å². The molecule has 0 radical (unpaired) electrons. The van der Waals surface area contributed by atoms with Gasteiger partial charge in [-0.05, 0) is 56.4 Å². The van der Waals surface area contributed by atoms with Gasteiger partial charge in [-0.15, -0.1) is 0 Å². The molecule has 3 unspecified atom stereocenters. The lowest BCUT2D eigenvalue weighted by Gasteiger charge is -2.29. The van der Waals surface area contributed by atoms with Crippen molar-refractivity contribution < 1.29 is 4.74 Å². The molecule has 1 saturated heterocycles. The lowest BCUT2D eigenvalue weighted by molar-refractivity contribution is 0.113. The van der Waals surface area contributed by atoms with E-state index in [1.54, 1.807) is 0 Å². The van der Waals surface area contributed by atoms with Crippen molar-refractivity contribution in [2.24, 2.45) is 5.92 Å². The molecule has 1 aliphatic heterocycles. The summed E-state index contributed by atoms with van der Waals surface area (Å²) in [5.74, 6) is 1.71. The van der Waals surface area contributed by atoms with Gasteiger partial charge in [0, 0.05) is 30.2 Å². The molecule has 2 saturated carbocycles. The van der Waals surface area contributed by atoms with Gasteiger partial charge in [0.15, 0.2) is 0 Å².